The summed E-state index contributed by atoms with van der Waals surface area (Å²) in [5, 5.41) is 20.6. The summed E-state index contributed by atoms with van der Waals surface area (Å²) in [6, 6.07) is 12.7. The van der Waals surface area contributed by atoms with Crippen molar-refractivity contribution < 1.29 is 18.1 Å². The molecule has 1 fully saturated rings. The molecule has 0 unspecified atom stereocenters. The van der Waals surface area contributed by atoms with Crippen LogP contribution < -0.4 is 9.04 Å². The molecule has 2 aromatic carbocycles. The van der Waals surface area contributed by atoms with Crippen LogP contribution in [0.2, 0.25) is 0 Å². The normalized spacial score (nSPS) is 19.6. The van der Waals surface area contributed by atoms with Crippen LogP contribution in [0.25, 0.3) is 0 Å². The lowest BCUT2D eigenvalue weighted by Gasteiger charge is -2.36. The third-order valence-corrected chi connectivity index (χ3v) is 7.20. The molecule has 1 heterocycles. The number of rotatable bonds is 5. The molecule has 0 saturated heterocycles. The third kappa shape index (κ3) is 3.51. The van der Waals surface area contributed by atoms with Gasteiger partial charge in [-0.2, -0.15) is 5.26 Å². The highest BCUT2D eigenvalue weighted by Crippen LogP contribution is 2.51. The Bertz CT molecular complexity index is 1120. The minimum Gasteiger partial charge on any atom is -0.486 e. The van der Waals surface area contributed by atoms with E-state index in [1.807, 2.05) is 6.92 Å². The van der Waals surface area contributed by atoms with E-state index in [4.69, 9.17) is 4.74 Å². The van der Waals surface area contributed by atoms with Crippen LogP contribution in [-0.2, 0) is 10.0 Å². The van der Waals surface area contributed by atoms with Crippen LogP contribution in [0.15, 0.2) is 47.4 Å². The Kier molecular flexibility index (Phi) is 4.46. The van der Waals surface area contributed by atoms with Crippen molar-refractivity contribution in [3.8, 4) is 11.8 Å². The molecule has 9 heteroatoms. The van der Waals surface area contributed by atoms with Crippen LogP contribution in [0.1, 0.15) is 24.8 Å². The van der Waals surface area contributed by atoms with Crippen LogP contribution in [-0.4, -0.2) is 26.0 Å². The van der Waals surface area contributed by atoms with Gasteiger partial charge in [-0.25, -0.2) is 8.42 Å². The fourth-order valence-corrected chi connectivity index (χ4v) is 5.03. The SMILES string of the molecule is Cc1ccc(S(=O)(=O)N2C[C@H](CC3(C#N)CC3)Oc3ccc([N+](=O)[O-])cc32)cc1. The summed E-state index contributed by atoms with van der Waals surface area (Å²) < 4.78 is 33.9. The second-order valence-corrected chi connectivity index (χ2v) is 9.46. The van der Waals surface area contributed by atoms with E-state index < -0.39 is 26.5 Å². The van der Waals surface area contributed by atoms with E-state index in [1.54, 1.807) is 12.1 Å². The largest absolute Gasteiger partial charge is 0.486 e. The van der Waals surface area contributed by atoms with Gasteiger partial charge < -0.3 is 4.74 Å². The fraction of sp³-hybridized carbons (Fsp3) is 0.350. The van der Waals surface area contributed by atoms with Gasteiger partial charge in [0.25, 0.3) is 15.7 Å². The first-order valence-corrected chi connectivity index (χ1v) is 10.6. The number of aryl methyl sites for hydroxylation is 1. The molecule has 0 radical (unpaired) electrons. The number of hydrogen-bond donors (Lipinski definition) is 0. The molecule has 8 nitrogen and oxygen atoms in total. The molecule has 1 saturated carbocycles. The maximum absolute atomic E-state index is 13.4. The zero-order chi connectivity index (χ0) is 20.8. The molecule has 1 aliphatic heterocycles. The highest BCUT2D eigenvalue weighted by Gasteiger charge is 2.47. The summed E-state index contributed by atoms with van der Waals surface area (Å²) in [7, 11) is -3.96. The molecule has 0 amide bonds. The fourth-order valence-electron chi connectivity index (χ4n) is 3.53. The number of nitriles is 1. The van der Waals surface area contributed by atoms with E-state index in [9.17, 15) is 23.8 Å². The number of ether oxygens (including phenoxy) is 1. The van der Waals surface area contributed by atoms with Crippen molar-refractivity contribution in [1.82, 2.24) is 0 Å². The highest BCUT2D eigenvalue weighted by atomic mass is 32.2. The number of nitrogens with zero attached hydrogens (tertiary/aromatic N) is 3. The van der Waals surface area contributed by atoms with Crippen molar-refractivity contribution in [2.75, 3.05) is 10.8 Å². The van der Waals surface area contributed by atoms with Gasteiger partial charge >= 0.3 is 0 Å². The molecule has 150 valence electrons. The number of fused-ring (bicyclic) bond motifs is 1. The van der Waals surface area contributed by atoms with Crippen molar-refractivity contribution in [3.63, 3.8) is 0 Å². The van der Waals surface area contributed by atoms with Gasteiger partial charge in [-0.15, -0.1) is 0 Å². The number of nitro benzene ring substituents is 1. The molecule has 1 atom stereocenters. The van der Waals surface area contributed by atoms with Crippen molar-refractivity contribution in [3.05, 3.63) is 58.1 Å². The topological polar surface area (TPSA) is 114 Å². The Morgan fingerprint density at radius 3 is 2.55 bits per heavy atom. The number of hydrogen-bond acceptors (Lipinski definition) is 6. The van der Waals surface area contributed by atoms with E-state index in [-0.39, 0.29) is 28.6 Å². The second-order valence-electron chi connectivity index (χ2n) is 7.59. The van der Waals surface area contributed by atoms with Gasteiger partial charge in [-0.05, 0) is 38.0 Å². The van der Waals surface area contributed by atoms with Gasteiger partial charge in [0.2, 0.25) is 0 Å². The van der Waals surface area contributed by atoms with E-state index >= 15 is 0 Å². The standard InChI is InChI=1S/C20H19N3O5S/c1-14-2-5-17(6-3-14)29(26,27)22-12-16(11-20(13-21)8-9-20)28-19-7-4-15(23(24)25)10-18(19)22/h2-7,10,16H,8-9,11-12H2,1H3/t16-/m0/s1. The third-order valence-electron chi connectivity index (χ3n) is 5.40. The van der Waals surface area contributed by atoms with Crippen LogP contribution in [0, 0.1) is 33.8 Å². The van der Waals surface area contributed by atoms with Crippen molar-refractivity contribution in [1.29, 1.82) is 5.26 Å². The maximum Gasteiger partial charge on any atom is 0.271 e. The van der Waals surface area contributed by atoms with Gasteiger partial charge in [0.05, 0.1) is 27.8 Å². The summed E-state index contributed by atoms with van der Waals surface area (Å²) in [5.41, 5.74) is 0.371. The van der Waals surface area contributed by atoms with Gasteiger partial charge in [0.15, 0.2) is 0 Å². The summed E-state index contributed by atoms with van der Waals surface area (Å²) in [6.07, 6.45) is 1.44. The van der Waals surface area contributed by atoms with Crippen molar-refractivity contribution in [2.45, 2.75) is 37.2 Å². The molecule has 2 aromatic rings. The first-order valence-electron chi connectivity index (χ1n) is 9.20. The van der Waals surface area contributed by atoms with Crippen molar-refractivity contribution in [2.24, 2.45) is 5.41 Å². The molecular formula is C20H19N3O5S. The molecule has 0 spiro atoms. The smallest absolute Gasteiger partial charge is 0.271 e. The lowest BCUT2D eigenvalue weighted by atomic mass is 9.99. The minimum absolute atomic E-state index is 0.00614. The summed E-state index contributed by atoms with van der Waals surface area (Å²) in [6.45, 7) is 1.85. The average Bonchev–Trinajstić information content (AvgIpc) is 3.47. The Labute approximate surface area is 168 Å². The van der Waals surface area contributed by atoms with E-state index in [2.05, 4.69) is 6.07 Å². The molecule has 0 aromatic heterocycles. The molecule has 29 heavy (non-hydrogen) atoms. The Balaban J connectivity index is 1.77. The summed E-state index contributed by atoms with van der Waals surface area (Å²) >= 11 is 0. The zero-order valence-corrected chi connectivity index (χ0v) is 16.6. The molecule has 4 rings (SSSR count). The maximum atomic E-state index is 13.4. The number of non-ortho nitro benzene ring substituents is 1. The van der Waals surface area contributed by atoms with Gasteiger partial charge in [-0.1, -0.05) is 17.7 Å². The minimum atomic E-state index is -3.96. The van der Waals surface area contributed by atoms with Crippen LogP contribution >= 0.6 is 0 Å². The monoisotopic (exact) mass is 413 g/mol. The zero-order valence-electron chi connectivity index (χ0n) is 15.7. The lowest BCUT2D eigenvalue weighted by molar-refractivity contribution is -0.384. The number of sulfonamides is 1. The molecule has 0 bridgehead atoms. The Morgan fingerprint density at radius 1 is 1.28 bits per heavy atom. The van der Waals surface area contributed by atoms with Gasteiger partial charge in [0, 0.05) is 18.6 Å². The predicted octanol–water partition coefficient (Wildman–Crippen LogP) is 3.55. The van der Waals surface area contributed by atoms with Gasteiger partial charge in [0.1, 0.15) is 17.5 Å². The number of benzene rings is 2. The summed E-state index contributed by atoms with van der Waals surface area (Å²) in [5.74, 6) is 0.260. The molecule has 2 aliphatic rings. The first kappa shape index (κ1) is 19.2. The second kappa shape index (κ2) is 6.74. The van der Waals surface area contributed by atoms with Gasteiger partial charge in [-0.3, -0.25) is 14.4 Å². The number of anilines is 1. The summed E-state index contributed by atoms with van der Waals surface area (Å²) in [4.78, 5) is 10.7. The predicted molar refractivity (Wildman–Crippen MR) is 105 cm³/mol. The molecular weight excluding hydrogens is 394 g/mol. The average molecular weight is 413 g/mol. The highest BCUT2D eigenvalue weighted by molar-refractivity contribution is 7.92. The van der Waals surface area contributed by atoms with Crippen LogP contribution in [0.5, 0.6) is 5.75 Å². The molecule has 1 aliphatic carbocycles. The van der Waals surface area contributed by atoms with E-state index in [0.717, 1.165) is 18.4 Å². The lowest BCUT2D eigenvalue weighted by Crippen LogP contribution is -2.44. The van der Waals surface area contributed by atoms with E-state index in [0.29, 0.717) is 6.42 Å². The molecule has 0 N–H and O–H groups in total. The Morgan fingerprint density at radius 2 is 1.97 bits per heavy atom. The quantitative estimate of drug-likeness (QED) is 0.547. The van der Waals surface area contributed by atoms with E-state index in [1.165, 1.54) is 34.6 Å². The van der Waals surface area contributed by atoms with Crippen molar-refractivity contribution >= 4 is 21.4 Å². The number of nitro groups is 1. The first-order chi connectivity index (χ1) is 13.7. The van der Waals surface area contributed by atoms with Crippen LogP contribution in [0.4, 0.5) is 11.4 Å². The Hall–Kier alpha value is -3.12. The van der Waals surface area contributed by atoms with Crippen LogP contribution in [0.3, 0.4) is 0 Å².